The first-order chi connectivity index (χ1) is 15.7. The molecule has 5 heteroatoms. The summed E-state index contributed by atoms with van der Waals surface area (Å²) in [6.07, 6.45) is 14.5. The number of thiol groups is 2. The summed E-state index contributed by atoms with van der Waals surface area (Å²) in [5.41, 5.74) is 2.03. The van der Waals surface area contributed by atoms with E-state index in [1.54, 1.807) is 5.57 Å². The van der Waals surface area contributed by atoms with E-state index in [1.807, 2.05) is 0 Å². The normalized spacial score (nSPS) is 51.3. The molecule has 33 heavy (non-hydrogen) atoms. The third-order valence-electron chi connectivity index (χ3n) is 12.1. The molecule has 5 rings (SSSR count). The van der Waals surface area contributed by atoms with Crippen molar-refractivity contribution in [2.24, 2.45) is 57.7 Å². The van der Waals surface area contributed by atoms with Gasteiger partial charge in [0.25, 0.3) is 0 Å². The van der Waals surface area contributed by atoms with Gasteiger partial charge in [-0.3, -0.25) is 4.79 Å². The first-order valence-electron chi connectivity index (χ1n) is 13.5. The van der Waals surface area contributed by atoms with Gasteiger partial charge in [-0.1, -0.05) is 52.2 Å². The molecule has 0 radical (unpaired) electrons. The maximum absolute atomic E-state index is 13.1. The summed E-state index contributed by atoms with van der Waals surface area (Å²) in [4.78, 5) is 13.1. The summed E-state index contributed by atoms with van der Waals surface area (Å²) in [5, 5.41) is 0. The topological polar surface area (TPSA) is 35.5 Å². The monoisotopic (exact) mass is 492 g/mol. The predicted octanol–water partition coefficient (Wildman–Crippen LogP) is 7.48. The van der Waals surface area contributed by atoms with Crippen molar-refractivity contribution in [3.63, 3.8) is 0 Å². The molecular formula is C28H44O3S2. The lowest BCUT2D eigenvalue weighted by Gasteiger charge is -2.66. The largest absolute Gasteiger partial charge is 0.394 e. The van der Waals surface area contributed by atoms with Crippen LogP contribution in [0.5, 0.6) is 0 Å². The smallest absolute Gasteiger partial charge is 0.324 e. The fourth-order valence-corrected chi connectivity index (χ4v) is 10.9. The second-order valence-electron chi connectivity index (χ2n) is 13.1. The molecule has 0 aromatic heterocycles. The van der Waals surface area contributed by atoms with Crippen molar-refractivity contribution in [1.82, 2.24) is 0 Å². The summed E-state index contributed by atoms with van der Waals surface area (Å²) in [6, 6.07) is 0. The molecule has 0 bridgehead atoms. The Morgan fingerprint density at radius 3 is 2.52 bits per heavy atom. The van der Waals surface area contributed by atoms with Crippen molar-refractivity contribution in [2.75, 3.05) is 6.61 Å². The molecule has 0 aromatic carbocycles. The first-order valence-corrected chi connectivity index (χ1v) is 14.3. The van der Waals surface area contributed by atoms with Crippen molar-refractivity contribution in [2.45, 2.75) is 91.9 Å². The van der Waals surface area contributed by atoms with Crippen molar-refractivity contribution in [3.8, 4) is 0 Å². The van der Waals surface area contributed by atoms with Crippen LogP contribution in [0.1, 0.15) is 91.9 Å². The molecule has 0 saturated heterocycles. The van der Waals surface area contributed by atoms with Crippen LogP contribution in [-0.2, 0) is 13.2 Å². The molecule has 8 unspecified atom stereocenters. The molecule has 10 atom stereocenters. The number of hydrogen-bond acceptors (Lipinski definition) is 5. The summed E-state index contributed by atoms with van der Waals surface area (Å²) >= 11 is 8.06. The lowest BCUT2D eigenvalue weighted by Crippen LogP contribution is -2.60. The minimum atomic E-state index is -0.342. The van der Waals surface area contributed by atoms with Gasteiger partial charge in [0.05, 0.1) is 12.0 Å². The Bertz CT molecular complexity index is 813. The molecule has 0 N–H and O–H groups in total. The number of rotatable bonds is 3. The number of carbonyl (C=O) groups excluding carboxylic acids is 1. The van der Waals surface area contributed by atoms with Crippen LogP contribution in [-0.4, -0.2) is 12.6 Å². The van der Waals surface area contributed by atoms with E-state index in [-0.39, 0.29) is 11.4 Å². The van der Waals surface area contributed by atoms with Crippen molar-refractivity contribution in [3.05, 3.63) is 11.6 Å². The van der Waals surface area contributed by atoms with Gasteiger partial charge >= 0.3 is 5.97 Å². The van der Waals surface area contributed by atoms with Crippen LogP contribution in [0.3, 0.4) is 0 Å². The molecule has 4 saturated carbocycles. The molecule has 186 valence electrons. The van der Waals surface area contributed by atoms with E-state index in [0.717, 1.165) is 44.1 Å². The SMILES string of the molecule is CC1C(COS)CC[C@@]2(C)C1CCC1(C)C3CCC4(C(=O)OS)CCC[C@H](C)C4C3=CCC12. The Balaban J connectivity index is 1.50. The fourth-order valence-electron chi connectivity index (χ4n) is 10.6. The van der Waals surface area contributed by atoms with E-state index in [9.17, 15) is 4.79 Å². The summed E-state index contributed by atoms with van der Waals surface area (Å²) in [6.45, 7) is 10.9. The summed E-state index contributed by atoms with van der Waals surface area (Å²) in [5.74, 6) is 4.31. The van der Waals surface area contributed by atoms with Gasteiger partial charge in [-0.25, -0.2) is 0 Å². The van der Waals surface area contributed by atoms with Crippen LogP contribution in [0.2, 0.25) is 0 Å². The highest BCUT2D eigenvalue weighted by atomic mass is 32.1. The van der Waals surface area contributed by atoms with Crippen molar-refractivity contribution >= 4 is 31.8 Å². The van der Waals surface area contributed by atoms with E-state index < -0.39 is 0 Å². The first kappa shape index (κ1) is 24.6. The number of hydrogen-bond donors (Lipinski definition) is 2. The Morgan fingerprint density at radius 1 is 1.03 bits per heavy atom. The lowest BCUT2D eigenvalue weighted by atomic mass is 9.38. The Labute approximate surface area is 212 Å². The molecular weight excluding hydrogens is 448 g/mol. The Morgan fingerprint density at radius 2 is 1.79 bits per heavy atom. The molecule has 5 aliphatic rings. The summed E-state index contributed by atoms with van der Waals surface area (Å²) < 4.78 is 10.5. The molecule has 4 fully saturated rings. The quantitative estimate of drug-likeness (QED) is 0.243. The van der Waals surface area contributed by atoms with Gasteiger partial charge in [0.1, 0.15) is 0 Å². The third kappa shape index (κ3) is 3.44. The molecule has 5 aliphatic carbocycles. The van der Waals surface area contributed by atoms with Crippen LogP contribution in [0.4, 0.5) is 0 Å². The van der Waals surface area contributed by atoms with Gasteiger partial charge in [-0.05, 0) is 117 Å². The summed E-state index contributed by atoms with van der Waals surface area (Å²) in [7, 11) is 0. The second kappa shape index (κ2) is 8.76. The van der Waals surface area contributed by atoms with E-state index in [2.05, 4.69) is 59.6 Å². The molecule has 0 aliphatic heterocycles. The zero-order valence-corrected chi connectivity index (χ0v) is 22.8. The van der Waals surface area contributed by atoms with Crippen LogP contribution in [0.25, 0.3) is 0 Å². The van der Waals surface area contributed by atoms with E-state index in [4.69, 9.17) is 8.37 Å². The second-order valence-corrected chi connectivity index (χ2v) is 13.5. The van der Waals surface area contributed by atoms with E-state index in [1.165, 1.54) is 38.5 Å². The zero-order chi connectivity index (χ0) is 23.6. The molecule has 0 heterocycles. The van der Waals surface area contributed by atoms with Gasteiger partial charge in [0.2, 0.25) is 0 Å². The molecule has 0 spiro atoms. The number of fused-ring (bicyclic) bond motifs is 7. The van der Waals surface area contributed by atoms with E-state index in [0.29, 0.717) is 40.4 Å². The minimum absolute atomic E-state index is 0.0664. The maximum atomic E-state index is 13.1. The number of allylic oxidation sites excluding steroid dienone is 2. The maximum Gasteiger partial charge on any atom is 0.324 e. The van der Waals surface area contributed by atoms with Gasteiger partial charge in [-0.15, -0.1) is 0 Å². The van der Waals surface area contributed by atoms with Gasteiger partial charge in [-0.2, -0.15) is 0 Å². The van der Waals surface area contributed by atoms with Crippen molar-refractivity contribution in [1.29, 1.82) is 0 Å². The molecule has 3 nitrogen and oxygen atoms in total. The van der Waals surface area contributed by atoms with Gasteiger partial charge in [0, 0.05) is 12.9 Å². The predicted molar refractivity (Wildman–Crippen MR) is 139 cm³/mol. The highest BCUT2D eigenvalue weighted by Crippen LogP contribution is 2.71. The van der Waals surface area contributed by atoms with Crippen LogP contribution in [0.15, 0.2) is 11.6 Å². The Kier molecular flexibility index (Phi) is 6.52. The minimum Gasteiger partial charge on any atom is -0.394 e. The fraction of sp³-hybridized carbons (Fsp3) is 0.893. The number of carbonyl (C=O) groups is 1. The third-order valence-corrected chi connectivity index (χ3v) is 12.4. The van der Waals surface area contributed by atoms with Gasteiger partial charge < -0.3 is 8.37 Å². The van der Waals surface area contributed by atoms with Crippen LogP contribution < -0.4 is 0 Å². The van der Waals surface area contributed by atoms with Crippen molar-refractivity contribution < 1.29 is 13.2 Å². The van der Waals surface area contributed by atoms with Crippen LogP contribution in [0, 0.1) is 57.7 Å². The zero-order valence-electron chi connectivity index (χ0n) is 21.0. The van der Waals surface area contributed by atoms with E-state index >= 15 is 0 Å². The lowest BCUT2D eigenvalue weighted by molar-refractivity contribution is -0.164. The average molecular weight is 493 g/mol. The highest BCUT2D eigenvalue weighted by Gasteiger charge is 2.64. The molecule has 0 amide bonds. The average Bonchev–Trinajstić information content (AvgIpc) is 2.80. The standard InChI is InChI=1S/C28H44O3S2/c1-17-6-5-12-28(25(29)31-33)15-11-22-20(24(17)28)7-8-23-26(3)13-9-19(16-30-32)18(2)21(26)10-14-27(22,23)4/h7,17-19,21-24,32-33H,5-6,8-16H2,1-4H3/t17-,18?,19?,21?,22?,23?,24?,26-,27?,28?/m0/s1. The molecule has 0 aromatic rings. The highest BCUT2D eigenvalue weighted by molar-refractivity contribution is 7.75. The van der Waals surface area contributed by atoms with Crippen LogP contribution >= 0.6 is 25.8 Å². The Hall–Kier alpha value is -0.130. The van der Waals surface area contributed by atoms with Gasteiger partial charge in [0.15, 0.2) is 0 Å².